The van der Waals surface area contributed by atoms with Crippen LogP contribution in [0.2, 0.25) is 0 Å². The van der Waals surface area contributed by atoms with E-state index in [9.17, 15) is 8.42 Å². The second-order valence-corrected chi connectivity index (χ2v) is 7.31. The van der Waals surface area contributed by atoms with Gasteiger partial charge in [-0.1, -0.05) is 12.1 Å². The molecular formula is C14H15NO4S. The lowest BCUT2D eigenvalue weighted by atomic mass is 10.2. The quantitative estimate of drug-likeness (QED) is 0.846. The number of sulfone groups is 1. The van der Waals surface area contributed by atoms with Crippen molar-refractivity contribution in [2.24, 2.45) is 0 Å². The van der Waals surface area contributed by atoms with E-state index in [0.717, 1.165) is 0 Å². The Morgan fingerprint density at radius 3 is 2.70 bits per heavy atom. The summed E-state index contributed by atoms with van der Waals surface area (Å²) in [4.78, 5) is 0. The van der Waals surface area contributed by atoms with Crippen LogP contribution in [-0.4, -0.2) is 26.0 Å². The molecule has 0 N–H and O–H groups in total. The monoisotopic (exact) mass is 293 g/mol. The van der Waals surface area contributed by atoms with Gasteiger partial charge in [0.25, 0.3) is 0 Å². The first-order valence-electron chi connectivity index (χ1n) is 6.21. The molecule has 6 heteroatoms. The standard InChI is InChI=1S/C14H15NO4S/c1-10(2)20(16,17)8-7-18-14-11-5-3-4-6-12(11)19-13(14)9-15/h3-6,10H,7-8H2,1-2H3. The molecular weight excluding hydrogens is 278 g/mol. The summed E-state index contributed by atoms with van der Waals surface area (Å²) in [6, 6.07) is 9.01. The maximum atomic E-state index is 11.7. The minimum Gasteiger partial charge on any atom is -0.487 e. The summed E-state index contributed by atoms with van der Waals surface area (Å²) in [6.07, 6.45) is 0. The maximum Gasteiger partial charge on any atom is 0.246 e. The highest BCUT2D eigenvalue weighted by atomic mass is 32.2. The Morgan fingerprint density at radius 2 is 2.05 bits per heavy atom. The highest BCUT2D eigenvalue weighted by molar-refractivity contribution is 7.91. The van der Waals surface area contributed by atoms with Crippen LogP contribution < -0.4 is 4.74 Å². The predicted molar refractivity (Wildman–Crippen MR) is 75.3 cm³/mol. The molecule has 0 saturated heterocycles. The zero-order valence-electron chi connectivity index (χ0n) is 11.3. The average molecular weight is 293 g/mol. The summed E-state index contributed by atoms with van der Waals surface area (Å²) >= 11 is 0. The van der Waals surface area contributed by atoms with Gasteiger partial charge in [-0.15, -0.1) is 0 Å². The SMILES string of the molecule is CC(C)S(=O)(=O)CCOc1c(C#N)oc2ccccc12. The van der Waals surface area contributed by atoms with Crippen LogP contribution >= 0.6 is 0 Å². The lowest BCUT2D eigenvalue weighted by Crippen LogP contribution is -2.22. The van der Waals surface area contributed by atoms with Crippen molar-refractivity contribution in [3.8, 4) is 11.8 Å². The Bertz CT molecular complexity index is 753. The molecule has 0 unspecified atom stereocenters. The van der Waals surface area contributed by atoms with Gasteiger partial charge in [0.05, 0.1) is 16.4 Å². The smallest absolute Gasteiger partial charge is 0.246 e. The highest BCUT2D eigenvalue weighted by Crippen LogP contribution is 2.32. The van der Waals surface area contributed by atoms with Gasteiger partial charge in [-0.3, -0.25) is 0 Å². The molecule has 2 rings (SSSR count). The third-order valence-electron chi connectivity index (χ3n) is 2.98. The average Bonchev–Trinajstić information content (AvgIpc) is 2.77. The number of hydrogen-bond donors (Lipinski definition) is 0. The molecule has 0 spiro atoms. The molecule has 5 nitrogen and oxygen atoms in total. The molecule has 0 aliphatic rings. The van der Waals surface area contributed by atoms with Gasteiger partial charge >= 0.3 is 0 Å². The van der Waals surface area contributed by atoms with Crippen molar-refractivity contribution in [3.63, 3.8) is 0 Å². The molecule has 0 fully saturated rings. The van der Waals surface area contributed by atoms with Gasteiger partial charge in [-0.05, 0) is 26.0 Å². The van der Waals surface area contributed by atoms with Gasteiger partial charge in [-0.25, -0.2) is 8.42 Å². The van der Waals surface area contributed by atoms with Crippen molar-refractivity contribution >= 4 is 20.8 Å². The Hall–Kier alpha value is -2.00. The molecule has 1 heterocycles. The molecule has 0 amide bonds. The molecule has 1 aromatic carbocycles. The largest absolute Gasteiger partial charge is 0.487 e. The van der Waals surface area contributed by atoms with Crippen molar-refractivity contribution in [2.75, 3.05) is 12.4 Å². The molecule has 0 bridgehead atoms. The summed E-state index contributed by atoms with van der Waals surface area (Å²) in [5, 5.41) is 9.26. The van der Waals surface area contributed by atoms with E-state index in [4.69, 9.17) is 14.4 Å². The second-order valence-electron chi connectivity index (χ2n) is 4.63. The van der Waals surface area contributed by atoms with Crippen LogP contribution in [0.25, 0.3) is 11.0 Å². The number of rotatable bonds is 5. The molecule has 0 aliphatic heterocycles. The van der Waals surface area contributed by atoms with E-state index in [2.05, 4.69) is 0 Å². The summed E-state index contributed by atoms with van der Waals surface area (Å²) in [7, 11) is -3.16. The number of benzene rings is 1. The summed E-state index contributed by atoms with van der Waals surface area (Å²) in [5.41, 5.74) is 0.547. The number of nitriles is 1. The van der Waals surface area contributed by atoms with Gasteiger partial charge in [-0.2, -0.15) is 5.26 Å². The van der Waals surface area contributed by atoms with Crippen LogP contribution in [-0.2, 0) is 9.84 Å². The van der Waals surface area contributed by atoms with Gasteiger partial charge in [0, 0.05) is 0 Å². The van der Waals surface area contributed by atoms with Crippen molar-refractivity contribution in [3.05, 3.63) is 30.0 Å². The predicted octanol–water partition coefficient (Wildman–Crippen LogP) is 2.51. The Kier molecular flexibility index (Phi) is 4.00. The number of para-hydroxylation sites is 1. The van der Waals surface area contributed by atoms with Crippen LogP contribution in [0.15, 0.2) is 28.7 Å². The Balaban J connectivity index is 2.20. The zero-order chi connectivity index (χ0) is 14.8. The van der Waals surface area contributed by atoms with E-state index in [0.29, 0.717) is 16.7 Å². The maximum absolute atomic E-state index is 11.7. The number of fused-ring (bicyclic) bond motifs is 1. The second kappa shape index (κ2) is 5.55. The fourth-order valence-electron chi connectivity index (χ4n) is 1.73. The summed E-state index contributed by atoms with van der Waals surface area (Å²) in [5.74, 6) is 0.282. The highest BCUT2D eigenvalue weighted by Gasteiger charge is 2.19. The minimum atomic E-state index is -3.16. The van der Waals surface area contributed by atoms with E-state index < -0.39 is 15.1 Å². The van der Waals surface area contributed by atoms with Gasteiger partial charge in [0.15, 0.2) is 15.6 Å². The molecule has 1 aromatic heterocycles. The molecule has 106 valence electrons. The van der Waals surface area contributed by atoms with Gasteiger partial charge in [0.2, 0.25) is 5.76 Å². The third kappa shape index (κ3) is 2.78. The molecule has 2 aromatic rings. The first-order chi connectivity index (χ1) is 9.45. The van der Waals surface area contributed by atoms with E-state index in [-0.39, 0.29) is 18.1 Å². The molecule has 0 radical (unpaired) electrons. The lowest BCUT2D eigenvalue weighted by molar-refractivity contribution is 0.337. The molecule has 0 atom stereocenters. The van der Waals surface area contributed by atoms with E-state index in [1.165, 1.54) is 0 Å². The number of hydrogen-bond acceptors (Lipinski definition) is 5. The third-order valence-corrected chi connectivity index (χ3v) is 5.16. The van der Waals surface area contributed by atoms with Crippen molar-refractivity contribution in [1.82, 2.24) is 0 Å². The van der Waals surface area contributed by atoms with Gasteiger partial charge in [0.1, 0.15) is 18.3 Å². The zero-order valence-corrected chi connectivity index (χ0v) is 12.1. The van der Waals surface area contributed by atoms with E-state index in [1.807, 2.05) is 6.07 Å². The van der Waals surface area contributed by atoms with Crippen LogP contribution in [0.4, 0.5) is 0 Å². The Morgan fingerprint density at radius 1 is 1.35 bits per heavy atom. The molecule has 20 heavy (non-hydrogen) atoms. The van der Waals surface area contributed by atoms with E-state index in [1.54, 1.807) is 38.1 Å². The molecule has 0 saturated carbocycles. The van der Waals surface area contributed by atoms with Crippen LogP contribution in [0.3, 0.4) is 0 Å². The fourth-order valence-corrected chi connectivity index (χ4v) is 2.52. The van der Waals surface area contributed by atoms with Crippen molar-refractivity contribution in [2.45, 2.75) is 19.1 Å². The van der Waals surface area contributed by atoms with Crippen molar-refractivity contribution in [1.29, 1.82) is 5.26 Å². The number of nitrogens with zero attached hydrogens (tertiary/aromatic N) is 1. The van der Waals surface area contributed by atoms with Crippen molar-refractivity contribution < 1.29 is 17.6 Å². The summed E-state index contributed by atoms with van der Waals surface area (Å²) < 4.78 is 34.2. The first-order valence-corrected chi connectivity index (χ1v) is 7.93. The fraction of sp³-hybridized carbons (Fsp3) is 0.357. The number of furan rings is 1. The van der Waals surface area contributed by atoms with Crippen LogP contribution in [0.1, 0.15) is 19.6 Å². The normalized spacial score (nSPS) is 11.7. The first kappa shape index (κ1) is 14.4. The van der Waals surface area contributed by atoms with Crippen LogP contribution in [0.5, 0.6) is 5.75 Å². The molecule has 0 aliphatic carbocycles. The lowest BCUT2D eigenvalue weighted by Gasteiger charge is -2.08. The summed E-state index contributed by atoms with van der Waals surface area (Å²) in [6.45, 7) is 3.26. The topological polar surface area (TPSA) is 80.3 Å². The Labute approximate surface area is 117 Å². The minimum absolute atomic E-state index is 0.00127. The van der Waals surface area contributed by atoms with Gasteiger partial charge < -0.3 is 9.15 Å². The van der Waals surface area contributed by atoms with E-state index >= 15 is 0 Å². The van der Waals surface area contributed by atoms with Crippen LogP contribution in [0, 0.1) is 11.3 Å². The number of ether oxygens (including phenoxy) is 1.